The number of nitrogens with zero attached hydrogens (tertiary/aromatic N) is 4. The molecule has 2 aromatic heterocycles. The highest BCUT2D eigenvalue weighted by atomic mass is 16.6. The van der Waals surface area contributed by atoms with Crippen molar-refractivity contribution in [2.45, 2.75) is 6.04 Å². The van der Waals surface area contributed by atoms with Gasteiger partial charge in [0.25, 0.3) is 5.95 Å². The van der Waals surface area contributed by atoms with Gasteiger partial charge in [-0.3, -0.25) is 10.4 Å². The standard InChI is InChI=1S/C24H20N8O3/c1-2-14-12-16(13-18-20(14)35-11-10-34-18)19(29-17-6-4-15(5-7-17)21(25)26)22-30-24(33)32(31-22)23-27-8-3-9-28-23/h1,3-9,12-13,19,29H,10-11H2,(H3,25,26)(H,30,31,33)/t19-/m0/s1. The number of benzene rings is 2. The van der Waals surface area contributed by atoms with E-state index in [4.69, 9.17) is 27.0 Å². The second-order valence-corrected chi connectivity index (χ2v) is 7.58. The number of H-pyrrole nitrogens is 1. The lowest BCUT2D eigenvalue weighted by molar-refractivity contribution is 0.171. The lowest BCUT2D eigenvalue weighted by atomic mass is 10.0. The van der Waals surface area contributed by atoms with Crippen LogP contribution in [0.25, 0.3) is 5.95 Å². The molecular formula is C24H20N8O3. The molecule has 0 amide bonds. The van der Waals surface area contributed by atoms with E-state index in [0.29, 0.717) is 52.9 Å². The fraction of sp³-hybridized carbons (Fsp3) is 0.125. The molecule has 5 rings (SSSR count). The van der Waals surface area contributed by atoms with Crippen LogP contribution in [0.5, 0.6) is 11.5 Å². The van der Waals surface area contributed by atoms with Crippen LogP contribution in [-0.4, -0.2) is 43.8 Å². The molecule has 1 atom stereocenters. The van der Waals surface area contributed by atoms with E-state index in [1.165, 1.54) is 12.4 Å². The summed E-state index contributed by atoms with van der Waals surface area (Å²) < 4.78 is 12.6. The lowest BCUT2D eigenvalue weighted by Gasteiger charge is -2.24. The molecule has 11 heteroatoms. The number of nitrogen functional groups attached to an aromatic ring is 1. The Morgan fingerprint density at radius 1 is 1.20 bits per heavy atom. The van der Waals surface area contributed by atoms with E-state index < -0.39 is 11.7 Å². The Morgan fingerprint density at radius 3 is 2.66 bits per heavy atom. The fourth-order valence-electron chi connectivity index (χ4n) is 3.68. The van der Waals surface area contributed by atoms with Crippen molar-refractivity contribution in [2.75, 3.05) is 18.5 Å². The third-order valence-corrected chi connectivity index (χ3v) is 5.31. The Morgan fingerprint density at radius 2 is 1.94 bits per heavy atom. The molecule has 0 saturated carbocycles. The van der Waals surface area contributed by atoms with Gasteiger partial charge in [0.05, 0.1) is 5.56 Å². The highest BCUT2D eigenvalue weighted by molar-refractivity contribution is 5.95. The first kappa shape index (κ1) is 21.7. The van der Waals surface area contributed by atoms with Crippen LogP contribution in [0.4, 0.5) is 5.69 Å². The molecule has 0 saturated heterocycles. The SMILES string of the molecule is C#Cc1cc([C@H](Nc2ccc(C(=N)N)cc2)c2nn(-c3ncccn3)c(=O)[nH]2)cc2c1OCCO2. The average Bonchev–Trinajstić information content (AvgIpc) is 3.28. The largest absolute Gasteiger partial charge is 0.486 e. The number of rotatable bonds is 6. The quantitative estimate of drug-likeness (QED) is 0.189. The minimum atomic E-state index is -0.640. The van der Waals surface area contributed by atoms with Gasteiger partial charge in [-0.2, -0.15) is 0 Å². The molecule has 0 fully saturated rings. The summed E-state index contributed by atoms with van der Waals surface area (Å²) in [4.78, 5) is 23.7. The summed E-state index contributed by atoms with van der Waals surface area (Å²) in [5.41, 5.74) is 7.56. The summed E-state index contributed by atoms with van der Waals surface area (Å²) in [7, 11) is 0. The van der Waals surface area contributed by atoms with Gasteiger partial charge in [-0.1, -0.05) is 5.92 Å². The van der Waals surface area contributed by atoms with Crippen molar-refractivity contribution in [2.24, 2.45) is 5.73 Å². The number of ether oxygens (including phenoxy) is 2. The molecule has 3 heterocycles. The molecule has 4 aromatic rings. The molecule has 174 valence electrons. The number of nitrogens with one attached hydrogen (secondary N) is 3. The first-order valence-electron chi connectivity index (χ1n) is 10.6. The van der Waals surface area contributed by atoms with Crippen molar-refractivity contribution in [3.63, 3.8) is 0 Å². The first-order chi connectivity index (χ1) is 17.0. The molecule has 0 radical (unpaired) electrons. The van der Waals surface area contributed by atoms with Crippen LogP contribution >= 0.6 is 0 Å². The number of aromatic amines is 1. The van der Waals surface area contributed by atoms with Crippen molar-refractivity contribution < 1.29 is 9.47 Å². The zero-order valence-electron chi connectivity index (χ0n) is 18.4. The van der Waals surface area contributed by atoms with E-state index >= 15 is 0 Å². The van der Waals surface area contributed by atoms with Crippen molar-refractivity contribution in [1.29, 1.82) is 5.41 Å². The summed E-state index contributed by atoms with van der Waals surface area (Å²) in [6.45, 7) is 0.794. The Hall–Kier alpha value is -5.11. The molecule has 35 heavy (non-hydrogen) atoms. The highest BCUT2D eigenvalue weighted by Gasteiger charge is 2.25. The van der Waals surface area contributed by atoms with Crippen molar-refractivity contribution >= 4 is 11.5 Å². The number of aromatic nitrogens is 5. The van der Waals surface area contributed by atoms with E-state index in [9.17, 15) is 4.79 Å². The smallest absolute Gasteiger partial charge is 0.350 e. The fourth-order valence-corrected chi connectivity index (χ4v) is 3.68. The predicted octanol–water partition coefficient (Wildman–Crippen LogP) is 1.59. The van der Waals surface area contributed by atoms with Crippen LogP contribution in [-0.2, 0) is 0 Å². The molecule has 11 nitrogen and oxygen atoms in total. The normalized spacial score (nSPS) is 13.0. The van der Waals surface area contributed by atoms with Crippen LogP contribution in [0.2, 0.25) is 0 Å². The maximum atomic E-state index is 12.7. The molecule has 2 aromatic carbocycles. The lowest BCUT2D eigenvalue weighted by Crippen LogP contribution is -2.19. The molecule has 1 aliphatic heterocycles. The van der Waals surface area contributed by atoms with Gasteiger partial charge < -0.3 is 20.5 Å². The minimum absolute atomic E-state index is 0.0375. The van der Waals surface area contributed by atoms with Gasteiger partial charge in [0.1, 0.15) is 25.1 Å². The number of hydrogen-bond donors (Lipinski definition) is 4. The number of fused-ring (bicyclic) bond motifs is 1. The van der Waals surface area contributed by atoms with Crippen molar-refractivity contribution in [3.05, 3.63) is 87.9 Å². The summed E-state index contributed by atoms with van der Waals surface area (Å²) in [6.07, 6.45) is 8.80. The summed E-state index contributed by atoms with van der Waals surface area (Å²) >= 11 is 0. The zero-order valence-corrected chi connectivity index (χ0v) is 18.4. The summed E-state index contributed by atoms with van der Waals surface area (Å²) in [5, 5.41) is 15.4. The predicted molar refractivity (Wildman–Crippen MR) is 128 cm³/mol. The van der Waals surface area contributed by atoms with Gasteiger partial charge in [0, 0.05) is 23.6 Å². The number of anilines is 1. The monoisotopic (exact) mass is 468 g/mol. The number of nitrogens with two attached hydrogens (primary N) is 1. The third-order valence-electron chi connectivity index (χ3n) is 5.31. The Balaban J connectivity index is 1.61. The van der Waals surface area contributed by atoms with Crippen LogP contribution in [0.3, 0.4) is 0 Å². The first-order valence-corrected chi connectivity index (χ1v) is 10.6. The van der Waals surface area contributed by atoms with E-state index in [1.807, 2.05) is 0 Å². The molecule has 0 bridgehead atoms. The number of hydrogen-bond acceptors (Lipinski definition) is 8. The Kier molecular flexibility index (Phi) is 5.60. The van der Waals surface area contributed by atoms with Crippen LogP contribution in [0.1, 0.15) is 28.6 Å². The molecule has 0 unspecified atom stereocenters. The van der Waals surface area contributed by atoms with E-state index in [-0.39, 0.29) is 11.8 Å². The summed E-state index contributed by atoms with van der Waals surface area (Å²) in [6, 6.07) is 11.6. The second-order valence-electron chi connectivity index (χ2n) is 7.58. The van der Waals surface area contributed by atoms with E-state index in [2.05, 4.69) is 31.3 Å². The van der Waals surface area contributed by atoms with Crippen LogP contribution < -0.4 is 26.2 Å². The van der Waals surface area contributed by atoms with E-state index in [0.717, 1.165) is 4.68 Å². The number of amidine groups is 1. The second kappa shape index (κ2) is 9.03. The molecular weight excluding hydrogens is 448 g/mol. The van der Waals surface area contributed by atoms with Gasteiger partial charge in [0.2, 0.25) is 0 Å². The van der Waals surface area contributed by atoms with E-state index in [1.54, 1.807) is 42.5 Å². The topological polar surface area (TPSA) is 157 Å². The Labute approximate surface area is 199 Å². The average molecular weight is 468 g/mol. The zero-order chi connectivity index (χ0) is 24.4. The number of terminal acetylenes is 1. The maximum Gasteiger partial charge on any atom is 0.350 e. The molecule has 1 aliphatic rings. The van der Waals surface area contributed by atoms with Gasteiger partial charge >= 0.3 is 5.69 Å². The molecule has 0 aliphatic carbocycles. The van der Waals surface area contributed by atoms with Crippen LogP contribution in [0.15, 0.2) is 59.7 Å². The van der Waals surface area contributed by atoms with Crippen molar-refractivity contribution in [1.82, 2.24) is 24.7 Å². The molecule has 0 spiro atoms. The Bertz CT molecular complexity index is 1490. The highest BCUT2D eigenvalue weighted by Crippen LogP contribution is 2.38. The van der Waals surface area contributed by atoms with Gasteiger partial charge in [-0.25, -0.2) is 14.8 Å². The molecule has 5 N–H and O–H groups in total. The van der Waals surface area contributed by atoms with Crippen molar-refractivity contribution in [3.8, 4) is 29.8 Å². The van der Waals surface area contributed by atoms with Gasteiger partial charge in [-0.05, 0) is 48.0 Å². The van der Waals surface area contributed by atoms with Crippen LogP contribution in [0, 0.1) is 17.8 Å². The minimum Gasteiger partial charge on any atom is -0.486 e. The van der Waals surface area contributed by atoms with Gasteiger partial charge in [0.15, 0.2) is 17.3 Å². The third kappa shape index (κ3) is 4.28. The summed E-state index contributed by atoms with van der Waals surface area (Å²) in [5.74, 6) is 4.05. The van der Waals surface area contributed by atoms with Gasteiger partial charge in [-0.15, -0.1) is 16.2 Å². The maximum absolute atomic E-state index is 12.7.